The van der Waals surface area contributed by atoms with Gasteiger partial charge < -0.3 is 5.11 Å². The van der Waals surface area contributed by atoms with E-state index in [1.165, 1.54) is 40.7 Å². The lowest BCUT2D eigenvalue weighted by molar-refractivity contribution is -0.248. The smallest absolute Gasteiger partial charge is 0.372 e. The molecule has 0 aromatic heterocycles. The predicted octanol–water partition coefficient (Wildman–Crippen LogP) is 7.07. The molecule has 37 heavy (non-hydrogen) atoms. The summed E-state index contributed by atoms with van der Waals surface area (Å²) in [6.45, 7) is 5.93. The summed E-state index contributed by atoms with van der Waals surface area (Å²) in [5.74, 6) is -0.0406. The topological polar surface area (TPSA) is 57.6 Å². The number of anilines is 1. The van der Waals surface area contributed by atoms with Crippen LogP contribution in [-0.4, -0.2) is 26.2 Å². The summed E-state index contributed by atoms with van der Waals surface area (Å²) in [5.41, 5.74) is -2.79. The van der Waals surface area contributed by atoms with Gasteiger partial charge in [-0.15, -0.1) is 0 Å². The number of aliphatic hydroxyl groups is 1. The minimum absolute atomic E-state index is 0.0406. The first-order valence-electron chi connectivity index (χ1n) is 12.5. The molecule has 3 aromatic carbocycles. The first kappa shape index (κ1) is 28.7. The number of alkyl halides is 3. The van der Waals surface area contributed by atoms with Crippen LogP contribution in [0.5, 0.6) is 0 Å². The van der Waals surface area contributed by atoms with E-state index in [9.17, 15) is 26.7 Å². The van der Waals surface area contributed by atoms with Gasteiger partial charge in [-0.2, -0.15) is 13.2 Å². The monoisotopic (exact) mass is 533 g/mol. The second kappa shape index (κ2) is 11.7. The minimum atomic E-state index is -4.99. The highest BCUT2D eigenvalue weighted by Crippen LogP contribution is 2.44. The minimum Gasteiger partial charge on any atom is -0.372 e. The third-order valence-corrected chi connectivity index (χ3v) is 8.09. The molecule has 4 nitrogen and oxygen atoms in total. The van der Waals surface area contributed by atoms with Gasteiger partial charge in [0, 0.05) is 6.54 Å². The number of rotatable bonds is 11. The maximum atomic E-state index is 14.3. The summed E-state index contributed by atoms with van der Waals surface area (Å²) < 4.78 is 70.8. The van der Waals surface area contributed by atoms with Gasteiger partial charge in [-0.1, -0.05) is 88.2 Å². The summed E-state index contributed by atoms with van der Waals surface area (Å²) in [5, 5.41) is 11.1. The third-order valence-electron chi connectivity index (χ3n) is 6.29. The lowest BCUT2D eigenvalue weighted by atomic mass is 9.85. The van der Waals surface area contributed by atoms with Gasteiger partial charge in [0.15, 0.2) is 0 Å². The summed E-state index contributed by atoms with van der Waals surface area (Å²) in [6, 6.07) is 18.7. The van der Waals surface area contributed by atoms with Gasteiger partial charge in [-0.3, -0.25) is 4.31 Å². The predicted molar refractivity (Wildman–Crippen MR) is 141 cm³/mol. The Labute approximate surface area is 217 Å². The molecule has 0 spiro atoms. The number of hydrogen-bond acceptors (Lipinski definition) is 3. The molecule has 1 unspecified atom stereocenters. The van der Waals surface area contributed by atoms with E-state index in [-0.39, 0.29) is 34.2 Å². The van der Waals surface area contributed by atoms with Crippen molar-refractivity contribution in [3.8, 4) is 0 Å². The Kier molecular flexibility index (Phi) is 9.08. The highest BCUT2D eigenvalue weighted by Gasteiger charge is 2.56. The number of aryl methyl sites for hydroxylation is 1. The number of hydrogen-bond donors (Lipinski definition) is 1. The van der Waals surface area contributed by atoms with Crippen LogP contribution in [0.25, 0.3) is 0 Å². The van der Waals surface area contributed by atoms with E-state index >= 15 is 0 Å². The molecule has 0 radical (unpaired) electrons. The van der Waals surface area contributed by atoms with Gasteiger partial charge in [-0.05, 0) is 59.7 Å². The number of nitrogens with zero attached hydrogens (tertiary/aromatic N) is 1. The highest BCUT2D eigenvalue weighted by atomic mass is 32.2. The summed E-state index contributed by atoms with van der Waals surface area (Å²) in [7, 11) is -3.94. The Morgan fingerprint density at radius 3 is 1.86 bits per heavy atom. The van der Waals surface area contributed by atoms with Gasteiger partial charge >= 0.3 is 6.18 Å². The molecule has 0 amide bonds. The lowest BCUT2D eigenvalue weighted by Crippen LogP contribution is -2.43. The lowest BCUT2D eigenvalue weighted by Gasteiger charge is -2.32. The fraction of sp³-hybridized carbons (Fsp3) is 0.379. The zero-order chi connectivity index (χ0) is 27.3. The van der Waals surface area contributed by atoms with Gasteiger partial charge in [-0.25, -0.2) is 8.42 Å². The Hall–Kier alpha value is -2.84. The Morgan fingerprint density at radius 2 is 1.38 bits per heavy atom. The molecule has 1 atom stereocenters. The molecule has 1 N–H and O–H groups in total. The third kappa shape index (κ3) is 6.36. The van der Waals surface area contributed by atoms with Crippen molar-refractivity contribution in [2.45, 2.75) is 63.1 Å². The maximum Gasteiger partial charge on any atom is 0.425 e. The van der Waals surface area contributed by atoms with Crippen molar-refractivity contribution >= 4 is 15.7 Å². The van der Waals surface area contributed by atoms with Crippen LogP contribution in [0.3, 0.4) is 0 Å². The van der Waals surface area contributed by atoms with Crippen LogP contribution in [0, 0.1) is 5.92 Å². The van der Waals surface area contributed by atoms with Crippen LogP contribution < -0.4 is 4.31 Å². The molecule has 0 aliphatic rings. The van der Waals surface area contributed by atoms with Crippen molar-refractivity contribution in [2.75, 3.05) is 10.8 Å². The molecule has 0 bridgehead atoms. The SMILES string of the molecule is CCCCCc1ccc(C(O)(c2ccc(N(CC(C)C)S(=O)(=O)c3ccccc3)cc2)C(F)(F)F)cc1. The van der Waals surface area contributed by atoms with Crippen LogP contribution in [0.4, 0.5) is 18.9 Å². The Balaban J connectivity index is 2.00. The van der Waals surface area contributed by atoms with Crippen molar-refractivity contribution < 1.29 is 26.7 Å². The average Bonchev–Trinajstić information content (AvgIpc) is 2.87. The molecule has 3 rings (SSSR count). The number of benzene rings is 3. The number of sulfonamides is 1. The van der Waals surface area contributed by atoms with E-state index in [4.69, 9.17) is 0 Å². The molecule has 0 aliphatic heterocycles. The summed E-state index contributed by atoms with van der Waals surface area (Å²) in [4.78, 5) is 0.0885. The summed E-state index contributed by atoms with van der Waals surface area (Å²) in [6.07, 6.45) is -1.21. The van der Waals surface area contributed by atoms with Gasteiger partial charge in [0.2, 0.25) is 5.60 Å². The quantitative estimate of drug-likeness (QED) is 0.268. The van der Waals surface area contributed by atoms with Gasteiger partial charge in [0.05, 0.1) is 10.6 Å². The molecule has 0 fully saturated rings. The van der Waals surface area contributed by atoms with Crippen LogP contribution >= 0.6 is 0 Å². The zero-order valence-electron chi connectivity index (χ0n) is 21.4. The van der Waals surface area contributed by atoms with E-state index in [0.29, 0.717) is 0 Å². The van der Waals surface area contributed by atoms with E-state index in [1.54, 1.807) is 30.3 Å². The maximum absolute atomic E-state index is 14.3. The molecule has 0 aliphatic carbocycles. The van der Waals surface area contributed by atoms with E-state index < -0.39 is 21.8 Å². The number of unbranched alkanes of at least 4 members (excludes halogenated alkanes) is 2. The fourth-order valence-corrected chi connectivity index (χ4v) is 5.90. The number of halogens is 3. The first-order chi connectivity index (χ1) is 17.4. The van der Waals surface area contributed by atoms with Gasteiger partial charge in [0.25, 0.3) is 10.0 Å². The van der Waals surface area contributed by atoms with Crippen molar-refractivity contribution in [1.29, 1.82) is 0 Å². The summed E-state index contributed by atoms with van der Waals surface area (Å²) >= 11 is 0. The second-order valence-corrected chi connectivity index (χ2v) is 11.5. The molecule has 0 heterocycles. The van der Waals surface area contributed by atoms with E-state index in [2.05, 4.69) is 6.92 Å². The van der Waals surface area contributed by atoms with Crippen molar-refractivity contribution in [3.63, 3.8) is 0 Å². The molecular formula is C29H34F3NO3S. The van der Waals surface area contributed by atoms with Crippen molar-refractivity contribution in [1.82, 2.24) is 0 Å². The molecule has 200 valence electrons. The van der Waals surface area contributed by atoms with Crippen LogP contribution in [-0.2, 0) is 22.0 Å². The fourth-order valence-electron chi connectivity index (χ4n) is 4.25. The molecule has 3 aromatic rings. The molecule has 0 saturated heterocycles. The van der Waals surface area contributed by atoms with E-state index in [1.807, 2.05) is 13.8 Å². The van der Waals surface area contributed by atoms with E-state index in [0.717, 1.165) is 43.4 Å². The molecule has 8 heteroatoms. The van der Waals surface area contributed by atoms with Crippen molar-refractivity contribution in [3.05, 3.63) is 95.6 Å². The standard InChI is InChI=1S/C29H34F3NO3S/c1-4-5-7-10-23-13-15-24(16-14-23)28(34,29(30,31)32)25-17-19-26(20-18-25)33(21-22(2)3)37(35,36)27-11-8-6-9-12-27/h6,8-9,11-20,22,34H,4-5,7,10,21H2,1-3H3. The second-order valence-electron chi connectivity index (χ2n) is 9.65. The van der Waals surface area contributed by atoms with Crippen molar-refractivity contribution in [2.24, 2.45) is 5.92 Å². The average molecular weight is 534 g/mol. The van der Waals surface area contributed by atoms with Crippen LogP contribution in [0.2, 0.25) is 0 Å². The van der Waals surface area contributed by atoms with Gasteiger partial charge in [0.1, 0.15) is 0 Å². The largest absolute Gasteiger partial charge is 0.425 e. The highest BCUT2D eigenvalue weighted by molar-refractivity contribution is 7.92. The van der Waals surface area contributed by atoms with Crippen LogP contribution in [0.15, 0.2) is 83.8 Å². The zero-order valence-corrected chi connectivity index (χ0v) is 22.2. The van der Waals surface area contributed by atoms with Crippen LogP contribution in [0.1, 0.15) is 56.7 Å². The Morgan fingerprint density at radius 1 is 0.838 bits per heavy atom. The first-order valence-corrected chi connectivity index (χ1v) is 13.9. The Bertz CT molecular complexity index is 1240. The molecular weight excluding hydrogens is 499 g/mol. The molecule has 0 saturated carbocycles. The normalized spacial score (nSPS) is 13.9.